The van der Waals surface area contributed by atoms with Crippen LogP contribution in [0.5, 0.6) is 11.6 Å². The largest absolute Gasteiger partial charge is 0.439 e. The highest BCUT2D eigenvalue weighted by molar-refractivity contribution is 5.43. The molecule has 0 atom stereocenters. The van der Waals surface area contributed by atoms with Crippen LogP contribution in [0.25, 0.3) is 0 Å². The lowest BCUT2D eigenvalue weighted by atomic mass is 10.2. The first-order chi connectivity index (χ1) is 8.86. The van der Waals surface area contributed by atoms with E-state index in [2.05, 4.69) is 4.98 Å². The summed E-state index contributed by atoms with van der Waals surface area (Å²) in [5.74, 6) is 0.599. The van der Waals surface area contributed by atoms with Gasteiger partial charge in [-0.25, -0.2) is 4.98 Å². The molecule has 0 spiro atoms. The molecule has 0 saturated heterocycles. The van der Waals surface area contributed by atoms with E-state index in [-0.39, 0.29) is 5.75 Å². The lowest BCUT2D eigenvalue weighted by Gasteiger charge is -2.10. The van der Waals surface area contributed by atoms with Gasteiger partial charge < -0.3 is 10.5 Å². The number of hydrogen-bond donors (Lipinski definition) is 1. The van der Waals surface area contributed by atoms with Crippen molar-refractivity contribution in [3.63, 3.8) is 0 Å². The Balaban J connectivity index is 2.20. The highest BCUT2D eigenvalue weighted by Gasteiger charge is 2.30. The van der Waals surface area contributed by atoms with E-state index in [0.717, 1.165) is 12.1 Å². The molecule has 0 amide bonds. The SMILES string of the molecule is Cc1cc(N)cnc1Oc1ccc(C(F)(F)F)cc1. The van der Waals surface area contributed by atoms with Crippen LogP contribution in [-0.2, 0) is 6.18 Å². The number of nitrogen functional groups attached to an aromatic ring is 1. The maximum absolute atomic E-state index is 12.4. The van der Waals surface area contributed by atoms with Crippen LogP contribution in [-0.4, -0.2) is 4.98 Å². The molecule has 0 unspecified atom stereocenters. The van der Waals surface area contributed by atoms with E-state index in [4.69, 9.17) is 10.5 Å². The van der Waals surface area contributed by atoms with E-state index in [0.29, 0.717) is 17.1 Å². The number of rotatable bonds is 2. The maximum atomic E-state index is 12.4. The molecule has 0 fully saturated rings. The zero-order valence-corrected chi connectivity index (χ0v) is 10.0. The van der Waals surface area contributed by atoms with Gasteiger partial charge in [0.2, 0.25) is 5.88 Å². The second-order valence-corrected chi connectivity index (χ2v) is 4.01. The molecular formula is C13H11F3N2O. The van der Waals surface area contributed by atoms with Crippen molar-refractivity contribution >= 4 is 5.69 Å². The molecular weight excluding hydrogens is 257 g/mol. The number of alkyl halides is 3. The van der Waals surface area contributed by atoms with Crippen molar-refractivity contribution < 1.29 is 17.9 Å². The van der Waals surface area contributed by atoms with Crippen molar-refractivity contribution in [3.8, 4) is 11.6 Å². The number of nitrogens with two attached hydrogens (primary N) is 1. The zero-order valence-electron chi connectivity index (χ0n) is 10.0. The smallest absolute Gasteiger partial charge is 0.416 e. The third-order valence-corrected chi connectivity index (χ3v) is 2.45. The molecule has 2 N–H and O–H groups in total. The molecule has 0 saturated carbocycles. The number of anilines is 1. The van der Waals surface area contributed by atoms with Crippen LogP contribution in [0.2, 0.25) is 0 Å². The summed E-state index contributed by atoms with van der Waals surface area (Å²) in [5.41, 5.74) is 6.03. The number of aryl methyl sites for hydroxylation is 1. The summed E-state index contributed by atoms with van der Waals surface area (Å²) < 4.78 is 42.6. The van der Waals surface area contributed by atoms with Gasteiger partial charge in [0.15, 0.2) is 0 Å². The van der Waals surface area contributed by atoms with Gasteiger partial charge in [0.05, 0.1) is 17.4 Å². The van der Waals surface area contributed by atoms with E-state index in [1.165, 1.54) is 18.3 Å². The molecule has 1 aromatic heterocycles. The summed E-state index contributed by atoms with van der Waals surface area (Å²) in [6.07, 6.45) is -2.93. The molecule has 0 bridgehead atoms. The lowest BCUT2D eigenvalue weighted by molar-refractivity contribution is -0.137. The topological polar surface area (TPSA) is 48.1 Å². The Morgan fingerprint density at radius 1 is 1.16 bits per heavy atom. The van der Waals surface area contributed by atoms with Crippen LogP contribution >= 0.6 is 0 Å². The number of nitrogens with zero attached hydrogens (tertiary/aromatic N) is 1. The summed E-state index contributed by atoms with van der Waals surface area (Å²) in [6, 6.07) is 6.09. The second kappa shape index (κ2) is 4.79. The van der Waals surface area contributed by atoms with Gasteiger partial charge in [-0.1, -0.05) is 0 Å². The number of hydrogen-bond acceptors (Lipinski definition) is 3. The molecule has 0 radical (unpaired) electrons. The third kappa shape index (κ3) is 3.15. The van der Waals surface area contributed by atoms with Crippen LogP contribution in [0.15, 0.2) is 36.5 Å². The van der Waals surface area contributed by atoms with Crippen molar-refractivity contribution in [2.45, 2.75) is 13.1 Å². The van der Waals surface area contributed by atoms with E-state index >= 15 is 0 Å². The van der Waals surface area contributed by atoms with E-state index in [1.807, 2.05) is 0 Å². The predicted molar refractivity (Wildman–Crippen MR) is 64.9 cm³/mol. The Labute approximate surface area is 107 Å². The Morgan fingerprint density at radius 3 is 2.32 bits per heavy atom. The number of pyridine rings is 1. The van der Waals surface area contributed by atoms with E-state index in [9.17, 15) is 13.2 Å². The third-order valence-electron chi connectivity index (χ3n) is 2.45. The Bertz CT molecular complexity index is 579. The molecule has 1 aromatic carbocycles. The normalized spacial score (nSPS) is 11.4. The number of benzene rings is 1. The van der Waals surface area contributed by atoms with Gasteiger partial charge in [0.1, 0.15) is 5.75 Å². The van der Waals surface area contributed by atoms with Crippen LogP contribution in [0.1, 0.15) is 11.1 Å². The van der Waals surface area contributed by atoms with Gasteiger partial charge in [0.25, 0.3) is 0 Å². The highest BCUT2D eigenvalue weighted by Crippen LogP contribution is 2.31. The molecule has 1 heterocycles. The van der Waals surface area contributed by atoms with Crippen molar-refractivity contribution in [1.29, 1.82) is 0 Å². The van der Waals surface area contributed by atoms with E-state index < -0.39 is 11.7 Å². The minimum absolute atomic E-state index is 0.286. The molecule has 0 aliphatic heterocycles. The first-order valence-electron chi connectivity index (χ1n) is 5.43. The molecule has 0 aliphatic carbocycles. The Morgan fingerprint density at radius 2 is 1.79 bits per heavy atom. The lowest BCUT2D eigenvalue weighted by Crippen LogP contribution is -2.04. The molecule has 3 nitrogen and oxygen atoms in total. The van der Waals surface area contributed by atoms with Crippen LogP contribution < -0.4 is 10.5 Å². The molecule has 19 heavy (non-hydrogen) atoms. The minimum Gasteiger partial charge on any atom is -0.439 e. The van der Waals surface area contributed by atoms with Gasteiger partial charge in [-0.3, -0.25) is 0 Å². The molecule has 6 heteroatoms. The zero-order chi connectivity index (χ0) is 14.0. The fraction of sp³-hybridized carbons (Fsp3) is 0.154. The highest BCUT2D eigenvalue weighted by atomic mass is 19.4. The van der Waals surface area contributed by atoms with Gasteiger partial charge in [-0.15, -0.1) is 0 Å². The summed E-state index contributed by atoms with van der Waals surface area (Å²) >= 11 is 0. The summed E-state index contributed by atoms with van der Waals surface area (Å²) in [5, 5.41) is 0. The van der Waals surface area contributed by atoms with Crippen LogP contribution in [0.3, 0.4) is 0 Å². The molecule has 100 valence electrons. The quantitative estimate of drug-likeness (QED) is 0.901. The molecule has 2 aromatic rings. The fourth-order valence-corrected chi connectivity index (χ4v) is 1.51. The molecule has 2 rings (SSSR count). The van der Waals surface area contributed by atoms with Crippen molar-refractivity contribution in [1.82, 2.24) is 4.98 Å². The monoisotopic (exact) mass is 268 g/mol. The van der Waals surface area contributed by atoms with Gasteiger partial charge >= 0.3 is 6.18 Å². The van der Waals surface area contributed by atoms with Crippen molar-refractivity contribution in [2.24, 2.45) is 0 Å². The maximum Gasteiger partial charge on any atom is 0.416 e. The summed E-state index contributed by atoms with van der Waals surface area (Å²) in [4.78, 5) is 3.97. The second-order valence-electron chi connectivity index (χ2n) is 4.01. The van der Waals surface area contributed by atoms with Crippen LogP contribution in [0, 0.1) is 6.92 Å². The average molecular weight is 268 g/mol. The van der Waals surface area contributed by atoms with Crippen LogP contribution in [0.4, 0.5) is 18.9 Å². The number of aromatic nitrogens is 1. The average Bonchev–Trinajstić information content (AvgIpc) is 2.32. The van der Waals surface area contributed by atoms with Gasteiger partial charge in [-0.05, 0) is 37.3 Å². The van der Waals surface area contributed by atoms with Gasteiger partial charge in [0, 0.05) is 5.56 Å². The summed E-state index contributed by atoms with van der Waals surface area (Å²) in [6.45, 7) is 1.75. The Hall–Kier alpha value is -2.24. The molecule has 0 aliphatic rings. The number of halogens is 3. The fourth-order valence-electron chi connectivity index (χ4n) is 1.51. The standard InChI is InChI=1S/C13H11F3N2O/c1-8-6-10(17)7-18-12(8)19-11-4-2-9(3-5-11)13(14,15)16/h2-7H,17H2,1H3. The Kier molecular flexibility index (Phi) is 3.33. The predicted octanol–water partition coefficient (Wildman–Crippen LogP) is 3.78. The number of ether oxygens (including phenoxy) is 1. The van der Waals surface area contributed by atoms with Gasteiger partial charge in [-0.2, -0.15) is 13.2 Å². The minimum atomic E-state index is -4.35. The summed E-state index contributed by atoms with van der Waals surface area (Å²) in [7, 11) is 0. The van der Waals surface area contributed by atoms with Crippen molar-refractivity contribution in [3.05, 3.63) is 47.7 Å². The van der Waals surface area contributed by atoms with Crippen molar-refractivity contribution in [2.75, 3.05) is 5.73 Å². The first kappa shape index (κ1) is 13.2. The van der Waals surface area contributed by atoms with E-state index in [1.54, 1.807) is 13.0 Å². The first-order valence-corrected chi connectivity index (χ1v) is 5.43.